The molecule has 0 fully saturated rings. The number of carbonyl (C=O) groups excluding carboxylic acids is 1. The summed E-state index contributed by atoms with van der Waals surface area (Å²) in [4.78, 5) is 13.1. The summed E-state index contributed by atoms with van der Waals surface area (Å²) in [6, 6.07) is 14.1. The van der Waals surface area contributed by atoms with E-state index in [2.05, 4.69) is 5.09 Å². The van der Waals surface area contributed by atoms with Gasteiger partial charge in [0, 0.05) is 0 Å². The molecule has 3 rings (SSSR count). The Morgan fingerprint density at radius 3 is 1.85 bits per heavy atom. The van der Waals surface area contributed by atoms with Crippen molar-refractivity contribution in [3.8, 4) is 11.5 Å². The third kappa shape index (κ3) is 7.80. The summed E-state index contributed by atoms with van der Waals surface area (Å²) in [5.41, 5.74) is 0.581. The van der Waals surface area contributed by atoms with Gasteiger partial charge < -0.3 is 13.8 Å². The van der Waals surface area contributed by atoms with E-state index in [9.17, 15) is 31.3 Å². The average molecular weight is 571 g/mol. The predicted octanol–water partition coefficient (Wildman–Crippen LogP) is 7.13. The van der Waals surface area contributed by atoms with Crippen molar-refractivity contribution in [1.29, 1.82) is 0 Å². The van der Waals surface area contributed by atoms with Gasteiger partial charge in [-0.15, -0.1) is 0 Å². The number of carbonyl (C=O) groups is 1. The van der Waals surface area contributed by atoms with Crippen LogP contribution in [0.2, 0.25) is 0 Å². The van der Waals surface area contributed by atoms with Crippen molar-refractivity contribution in [2.45, 2.75) is 39.2 Å². The minimum atomic E-state index is -5.07. The van der Waals surface area contributed by atoms with Crippen molar-refractivity contribution >= 4 is 13.7 Å². The van der Waals surface area contributed by atoms with Gasteiger partial charge in [-0.25, -0.2) is 17.7 Å². The van der Waals surface area contributed by atoms with Crippen LogP contribution in [0.4, 0.5) is 22.0 Å². The van der Waals surface area contributed by atoms with E-state index in [-0.39, 0.29) is 24.7 Å². The van der Waals surface area contributed by atoms with Gasteiger partial charge in [-0.3, -0.25) is 4.79 Å². The molecule has 3 aromatic rings. The third-order valence-electron chi connectivity index (χ3n) is 5.85. The minimum Gasteiger partial charge on any atom is -0.464 e. The Bertz CT molecular complexity index is 1280. The van der Waals surface area contributed by atoms with E-state index in [4.69, 9.17) is 13.8 Å². The molecule has 0 aromatic heterocycles. The Balaban J connectivity index is 2.02. The highest BCUT2D eigenvalue weighted by atomic mass is 31.2. The summed E-state index contributed by atoms with van der Waals surface area (Å²) < 4.78 is 99.8. The van der Waals surface area contributed by atoms with E-state index in [0.717, 1.165) is 12.8 Å². The number of hydrogen-bond acceptors (Lipinski definition) is 5. The molecule has 0 aliphatic heterocycles. The summed E-state index contributed by atoms with van der Waals surface area (Å²) in [7, 11) is -5.07. The molecule has 0 saturated heterocycles. The fourth-order valence-corrected chi connectivity index (χ4v) is 5.04. The van der Waals surface area contributed by atoms with Gasteiger partial charge in [0.15, 0.2) is 0 Å². The normalized spacial score (nSPS) is 13.5. The molecule has 210 valence electrons. The first kappa shape index (κ1) is 30.1. The molecule has 1 N–H and O–H groups in total. The van der Waals surface area contributed by atoms with Crippen LogP contribution < -0.4 is 14.1 Å². The summed E-state index contributed by atoms with van der Waals surface area (Å²) in [6.07, 6.45) is 1.31. The standard InChI is InChI=1S/C27H27F5NO5P/c1-3-17(4-2)16-36-27(34)20(15-18-11-7-5-8-12-18)33-39(35,37-19-13-9-6-10-14-19)38-26-24(31)22(29)21(28)23(30)25(26)32/h5-14,17,20H,3-4,15-16H2,1-2H3,(H,33,35)/t20-,39-/m0/s1. The maximum Gasteiger partial charge on any atom is 0.513 e. The number of esters is 1. The molecule has 2 atom stereocenters. The van der Waals surface area contributed by atoms with Crippen molar-refractivity contribution in [2.75, 3.05) is 6.61 Å². The molecule has 0 aliphatic rings. The van der Waals surface area contributed by atoms with Crippen LogP contribution in [-0.2, 0) is 20.5 Å². The van der Waals surface area contributed by atoms with Gasteiger partial charge in [0.1, 0.15) is 11.8 Å². The Labute approximate surface area is 222 Å². The summed E-state index contributed by atoms with van der Waals surface area (Å²) in [5, 5.41) is 2.31. The van der Waals surface area contributed by atoms with Crippen LogP contribution in [0.1, 0.15) is 32.3 Å². The monoisotopic (exact) mass is 571 g/mol. The van der Waals surface area contributed by atoms with Gasteiger partial charge >= 0.3 is 13.7 Å². The van der Waals surface area contributed by atoms with Gasteiger partial charge in [0.25, 0.3) is 0 Å². The van der Waals surface area contributed by atoms with E-state index < -0.39 is 54.6 Å². The summed E-state index contributed by atoms with van der Waals surface area (Å²) in [6.45, 7) is 3.88. The summed E-state index contributed by atoms with van der Waals surface area (Å²) >= 11 is 0. The van der Waals surface area contributed by atoms with Crippen LogP contribution >= 0.6 is 7.75 Å². The molecule has 0 heterocycles. The lowest BCUT2D eigenvalue weighted by molar-refractivity contribution is -0.147. The van der Waals surface area contributed by atoms with Gasteiger partial charge in [0.05, 0.1) is 6.61 Å². The molecule has 12 heteroatoms. The third-order valence-corrected chi connectivity index (χ3v) is 7.35. The number of para-hydroxylation sites is 1. The molecule has 0 saturated carbocycles. The maximum absolute atomic E-state index is 14.5. The minimum absolute atomic E-state index is 0.0428. The summed E-state index contributed by atoms with van der Waals surface area (Å²) in [5.74, 6) is -14.6. The van der Waals surface area contributed by atoms with Gasteiger partial charge in [-0.2, -0.15) is 13.9 Å². The number of nitrogens with one attached hydrogen (secondary N) is 1. The number of hydrogen-bond donors (Lipinski definition) is 1. The fourth-order valence-electron chi connectivity index (χ4n) is 3.52. The second-order valence-corrected chi connectivity index (χ2v) is 10.2. The van der Waals surface area contributed by atoms with Crippen molar-refractivity contribution in [2.24, 2.45) is 5.92 Å². The highest BCUT2D eigenvalue weighted by Gasteiger charge is 2.39. The lowest BCUT2D eigenvalue weighted by Crippen LogP contribution is -2.40. The molecule has 0 spiro atoms. The van der Waals surface area contributed by atoms with Crippen molar-refractivity contribution in [1.82, 2.24) is 5.09 Å². The highest BCUT2D eigenvalue weighted by Crippen LogP contribution is 2.47. The first-order valence-electron chi connectivity index (χ1n) is 12.1. The van der Waals surface area contributed by atoms with E-state index in [1.165, 1.54) is 24.3 Å². The quantitative estimate of drug-likeness (QED) is 0.0774. The van der Waals surface area contributed by atoms with E-state index in [1.54, 1.807) is 36.4 Å². The van der Waals surface area contributed by atoms with Gasteiger partial charge in [-0.1, -0.05) is 75.2 Å². The van der Waals surface area contributed by atoms with E-state index in [0.29, 0.717) is 5.56 Å². The SMILES string of the molecule is CCC(CC)COC(=O)[C@H](Cc1ccccc1)N[P@](=O)(Oc1ccccc1)Oc1c(F)c(F)c(F)c(F)c1F. The smallest absolute Gasteiger partial charge is 0.464 e. The second-order valence-electron chi connectivity index (χ2n) is 8.58. The first-order valence-corrected chi connectivity index (χ1v) is 13.7. The zero-order valence-electron chi connectivity index (χ0n) is 21.1. The molecule has 39 heavy (non-hydrogen) atoms. The first-order chi connectivity index (χ1) is 18.6. The fraction of sp³-hybridized carbons (Fsp3) is 0.296. The Kier molecular flexibility index (Phi) is 10.5. The average Bonchev–Trinajstić information content (AvgIpc) is 2.94. The lowest BCUT2D eigenvalue weighted by atomic mass is 10.0. The van der Waals surface area contributed by atoms with Crippen LogP contribution in [0.5, 0.6) is 11.5 Å². The van der Waals surface area contributed by atoms with E-state index in [1.807, 2.05) is 13.8 Å². The van der Waals surface area contributed by atoms with Crippen molar-refractivity contribution < 1.29 is 45.1 Å². The van der Waals surface area contributed by atoms with Crippen LogP contribution in [0.3, 0.4) is 0 Å². The largest absolute Gasteiger partial charge is 0.513 e. The van der Waals surface area contributed by atoms with Crippen molar-refractivity contribution in [3.63, 3.8) is 0 Å². The number of halogens is 5. The molecule has 0 unspecified atom stereocenters. The highest BCUT2D eigenvalue weighted by molar-refractivity contribution is 7.52. The Morgan fingerprint density at radius 2 is 1.31 bits per heavy atom. The zero-order chi connectivity index (χ0) is 28.6. The lowest BCUT2D eigenvalue weighted by Gasteiger charge is -2.26. The van der Waals surface area contributed by atoms with Crippen LogP contribution in [-0.4, -0.2) is 18.6 Å². The molecule has 0 bridgehead atoms. The Hall–Kier alpha value is -3.43. The molecule has 6 nitrogen and oxygen atoms in total. The molecule has 0 aliphatic carbocycles. The van der Waals surface area contributed by atoms with E-state index >= 15 is 0 Å². The number of ether oxygens (including phenoxy) is 1. The second kappa shape index (κ2) is 13.6. The van der Waals surface area contributed by atoms with Gasteiger partial charge in [0.2, 0.25) is 34.8 Å². The van der Waals surface area contributed by atoms with Crippen molar-refractivity contribution in [3.05, 3.63) is 95.3 Å². The number of rotatable bonds is 13. The maximum atomic E-state index is 14.5. The van der Waals surface area contributed by atoms with Crippen LogP contribution in [0.25, 0.3) is 0 Å². The number of benzene rings is 3. The molecule has 3 aromatic carbocycles. The van der Waals surface area contributed by atoms with Gasteiger partial charge in [-0.05, 0) is 30.0 Å². The van der Waals surface area contributed by atoms with Crippen LogP contribution in [0, 0.1) is 35.0 Å². The molecular formula is C27H27F5NO5P. The Morgan fingerprint density at radius 1 is 0.795 bits per heavy atom. The molecule has 0 radical (unpaired) electrons. The predicted molar refractivity (Wildman–Crippen MR) is 134 cm³/mol. The topological polar surface area (TPSA) is 73.9 Å². The van der Waals surface area contributed by atoms with Crippen LogP contribution in [0.15, 0.2) is 60.7 Å². The molecule has 0 amide bonds. The molecular weight excluding hydrogens is 544 g/mol. The zero-order valence-corrected chi connectivity index (χ0v) is 22.0.